The summed E-state index contributed by atoms with van der Waals surface area (Å²) in [6.45, 7) is 10.6. The second-order valence-electron chi connectivity index (χ2n) is 12.5. The summed E-state index contributed by atoms with van der Waals surface area (Å²) in [4.78, 5) is 58.5. The molecule has 3 heterocycles. The van der Waals surface area contributed by atoms with E-state index < -0.39 is 72.0 Å². The molecule has 0 radical (unpaired) electrons. The third kappa shape index (κ3) is 6.34. The number of aliphatic hydroxyl groups excluding tert-OH is 1. The van der Waals surface area contributed by atoms with Gasteiger partial charge in [-0.3, -0.25) is 19.2 Å². The number of hydrogen-bond acceptors (Lipinski definition) is 7. The Bertz CT molecular complexity index is 1510. The quantitative estimate of drug-likeness (QED) is 0.228. The summed E-state index contributed by atoms with van der Waals surface area (Å²) in [5.41, 5.74) is 0.697. The third-order valence-electron chi connectivity index (χ3n) is 9.53. The van der Waals surface area contributed by atoms with Crippen LogP contribution >= 0.6 is 11.6 Å². The highest BCUT2D eigenvalue weighted by molar-refractivity contribution is 6.34. The molecular formula is C36H42ClN3O7. The minimum atomic E-state index is -1.29. The predicted molar refractivity (Wildman–Crippen MR) is 177 cm³/mol. The standard InChI is InChI=1S/C36H42ClN3O7/c1-5-7-16-28(42)46-21-26(24-13-9-8-10-14-24)38-33(43)29-27-17-18-36(47-27)30(29)34(44)40(23(4)20-41)32(36)35(45)39(19-6-2)31-22(3)12-11-15-25(31)37/h5-6,8-15,23,26-27,29-30,32,41H,1-2,7,16-21H2,3-4H3,(H,38,43)/t23-,26+,27+,29-,30-,32+,36-/m1/s1. The molecule has 10 nitrogen and oxygen atoms in total. The summed E-state index contributed by atoms with van der Waals surface area (Å²) in [5, 5.41) is 13.6. The van der Waals surface area contributed by atoms with Gasteiger partial charge in [-0.05, 0) is 50.3 Å². The number of para-hydroxylation sites is 1. The van der Waals surface area contributed by atoms with Gasteiger partial charge in [0, 0.05) is 13.0 Å². The Morgan fingerprint density at radius 2 is 1.94 bits per heavy atom. The molecule has 3 aliphatic heterocycles. The fourth-order valence-corrected chi connectivity index (χ4v) is 7.73. The molecule has 0 aromatic heterocycles. The summed E-state index contributed by atoms with van der Waals surface area (Å²) in [5.74, 6) is -3.56. The molecule has 47 heavy (non-hydrogen) atoms. The molecule has 0 saturated carbocycles. The molecule has 2 N–H and O–H groups in total. The number of nitrogens with zero attached hydrogens (tertiary/aromatic N) is 2. The molecule has 1 spiro atoms. The van der Waals surface area contributed by atoms with Gasteiger partial charge in [0.05, 0.1) is 47.3 Å². The largest absolute Gasteiger partial charge is 0.463 e. The fraction of sp³-hybridized carbons (Fsp3) is 0.444. The zero-order chi connectivity index (χ0) is 33.9. The van der Waals surface area contributed by atoms with Crippen molar-refractivity contribution in [3.8, 4) is 0 Å². The van der Waals surface area contributed by atoms with Gasteiger partial charge >= 0.3 is 5.97 Å². The van der Waals surface area contributed by atoms with Crippen LogP contribution in [0.1, 0.15) is 49.8 Å². The van der Waals surface area contributed by atoms with Gasteiger partial charge in [0.1, 0.15) is 18.2 Å². The first-order valence-electron chi connectivity index (χ1n) is 16.0. The zero-order valence-electron chi connectivity index (χ0n) is 26.8. The van der Waals surface area contributed by atoms with E-state index in [1.54, 1.807) is 31.2 Å². The van der Waals surface area contributed by atoms with Crippen LogP contribution in [0.5, 0.6) is 0 Å². The number of hydrogen-bond donors (Lipinski definition) is 2. The van der Waals surface area contributed by atoms with Crippen LogP contribution in [0.2, 0.25) is 5.02 Å². The minimum absolute atomic E-state index is 0.101. The zero-order valence-corrected chi connectivity index (χ0v) is 27.5. The molecule has 3 saturated heterocycles. The average molecular weight is 664 g/mol. The van der Waals surface area contributed by atoms with E-state index in [2.05, 4.69) is 18.5 Å². The number of likely N-dealkylation sites (tertiary alicyclic amines) is 1. The predicted octanol–water partition coefficient (Wildman–Crippen LogP) is 4.29. The molecule has 3 aliphatic rings. The summed E-state index contributed by atoms with van der Waals surface area (Å²) in [6.07, 6.45) is 4.10. The van der Waals surface area contributed by atoms with E-state index in [-0.39, 0.29) is 19.6 Å². The third-order valence-corrected chi connectivity index (χ3v) is 9.84. The number of aryl methyl sites for hydroxylation is 1. The minimum Gasteiger partial charge on any atom is -0.463 e. The van der Waals surface area contributed by atoms with Crippen LogP contribution in [-0.4, -0.2) is 77.2 Å². The molecular weight excluding hydrogens is 622 g/mol. The molecule has 2 aromatic rings. The van der Waals surface area contributed by atoms with Crippen molar-refractivity contribution in [2.45, 2.75) is 69.4 Å². The lowest BCUT2D eigenvalue weighted by molar-refractivity contribution is -0.146. The van der Waals surface area contributed by atoms with Crippen molar-refractivity contribution in [2.75, 3.05) is 24.7 Å². The Morgan fingerprint density at radius 1 is 1.19 bits per heavy atom. The number of ether oxygens (including phenoxy) is 2. The van der Waals surface area contributed by atoms with Gasteiger partial charge < -0.3 is 29.7 Å². The van der Waals surface area contributed by atoms with Crippen LogP contribution in [0.4, 0.5) is 5.69 Å². The number of fused-ring (bicyclic) bond motifs is 1. The van der Waals surface area contributed by atoms with E-state index in [0.29, 0.717) is 30.0 Å². The first kappa shape index (κ1) is 34.3. The highest BCUT2D eigenvalue weighted by Gasteiger charge is 2.75. The molecule has 3 fully saturated rings. The van der Waals surface area contributed by atoms with Crippen LogP contribution in [0, 0.1) is 18.8 Å². The van der Waals surface area contributed by atoms with Gasteiger partial charge in [-0.2, -0.15) is 0 Å². The van der Waals surface area contributed by atoms with Crippen molar-refractivity contribution >= 4 is 41.0 Å². The highest BCUT2D eigenvalue weighted by Crippen LogP contribution is 2.59. The van der Waals surface area contributed by atoms with Gasteiger partial charge in [-0.15, -0.1) is 13.2 Å². The van der Waals surface area contributed by atoms with Crippen molar-refractivity contribution in [1.29, 1.82) is 0 Å². The highest BCUT2D eigenvalue weighted by atomic mass is 35.5. The monoisotopic (exact) mass is 663 g/mol. The van der Waals surface area contributed by atoms with Crippen molar-refractivity contribution in [3.05, 3.63) is 90.0 Å². The molecule has 250 valence electrons. The SMILES string of the molecule is C=CCCC(=O)OC[C@H](NC(=O)[C@@H]1[C@@H]2CC[C@]3(O2)[C@H](C(=O)N(CC=C)c2c(C)cccc2Cl)N([C@H](C)CO)C(=O)[C@@H]13)c1ccccc1. The lowest BCUT2D eigenvalue weighted by Crippen LogP contribution is -2.58. The molecule has 2 aromatic carbocycles. The number of rotatable bonds is 14. The molecule has 3 amide bonds. The van der Waals surface area contributed by atoms with Gasteiger partial charge in [0.25, 0.3) is 5.91 Å². The Kier molecular flexibility index (Phi) is 10.5. The molecule has 0 aliphatic carbocycles. The Morgan fingerprint density at radius 3 is 2.60 bits per heavy atom. The molecule has 5 rings (SSSR count). The number of halogens is 1. The Labute approximate surface area is 280 Å². The molecule has 11 heteroatoms. The smallest absolute Gasteiger partial charge is 0.306 e. The lowest BCUT2D eigenvalue weighted by atomic mass is 9.70. The number of carbonyl (C=O) groups excluding carboxylic acids is 4. The van der Waals surface area contributed by atoms with Crippen molar-refractivity contribution < 1.29 is 33.8 Å². The first-order chi connectivity index (χ1) is 22.6. The molecule has 0 unspecified atom stereocenters. The van der Waals surface area contributed by atoms with Gasteiger partial charge in [-0.1, -0.05) is 66.2 Å². The van der Waals surface area contributed by atoms with E-state index in [4.69, 9.17) is 21.1 Å². The normalized spacial score (nSPS) is 25.5. The summed E-state index contributed by atoms with van der Waals surface area (Å²) in [7, 11) is 0. The van der Waals surface area contributed by atoms with Gasteiger partial charge in [0.2, 0.25) is 11.8 Å². The maximum absolute atomic E-state index is 14.7. The summed E-state index contributed by atoms with van der Waals surface area (Å²) in [6, 6.07) is 12.0. The van der Waals surface area contributed by atoms with E-state index in [9.17, 15) is 24.3 Å². The van der Waals surface area contributed by atoms with E-state index in [1.165, 1.54) is 9.80 Å². The van der Waals surface area contributed by atoms with Crippen molar-refractivity contribution in [3.63, 3.8) is 0 Å². The average Bonchev–Trinajstić information content (AvgIpc) is 3.72. The number of benzene rings is 2. The van der Waals surface area contributed by atoms with Crippen LogP contribution in [0.3, 0.4) is 0 Å². The maximum Gasteiger partial charge on any atom is 0.306 e. The van der Waals surface area contributed by atoms with E-state index in [0.717, 1.165) is 11.1 Å². The summed E-state index contributed by atoms with van der Waals surface area (Å²) < 4.78 is 12.1. The van der Waals surface area contributed by atoms with Crippen molar-refractivity contribution in [2.24, 2.45) is 11.8 Å². The Hall–Kier alpha value is -3.99. The fourth-order valence-electron chi connectivity index (χ4n) is 7.41. The number of aliphatic hydroxyl groups is 1. The number of esters is 1. The summed E-state index contributed by atoms with van der Waals surface area (Å²) >= 11 is 6.62. The second-order valence-corrected chi connectivity index (χ2v) is 12.9. The first-order valence-corrected chi connectivity index (χ1v) is 16.4. The van der Waals surface area contributed by atoms with Crippen LogP contribution in [0.25, 0.3) is 0 Å². The van der Waals surface area contributed by atoms with Crippen LogP contribution in [0.15, 0.2) is 73.8 Å². The second kappa shape index (κ2) is 14.4. The van der Waals surface area contributed by atoms with Gasteiger partial charge in [-0.25, -0.2) is 0 Å². The number of carbonyl (C=O) groups is 4. The van der Waals surface area contributed by atoms with Crippen LogP contribution in [-0.2, 0) is 28.7 Å². The Balaban J connectivity index is 1.48. The number of allylic oxidation sites excluding steroid dienone is 1. The number of amides is 3. The van der Waals surface area contributed by atoms with Crippen molar-refractivity contribution in [1.82, 2.24) is 10.2 Å². The number of nitrogens with one attached hydrogen (secondary N) is 1. The van der Waals surface area contributed by atoms with Gasteiger partial charge in [0.15, 0.2) is 0 Å². The molecule has 7 atom stereocenters. The van der Waals surface area contributed by atoms with E-state index >= 15 is 0 Å². The maximum atomic E-state index is 14.7. The lowest BCUT2D eigenvalue weighted by Gasteiger charge is -2.39. The molecule has 2 bridgehead atoms. The van der Waals surface area contributed by atoms with Crippen LogP contribution < -0.4 is 10.2 Å². The topological polar surface area (TPSA) is 125 Å². The van der Waals surface area contributed by atoms with E-state index in [1.807, 2.05) is 43.3 Å². The number of anilines is 1.